The zero-order chi connectivity index (χ0) is 13.3. The van der Waals surface area contributed by atoms with E-state index < -0.39 is 0 Å². The van der Waals surface area contributed by atoms with Crippen molar-refractivity contribution in [2.24, 2.45) is 0 Å². The SMILES string of the molecule is Cc1noc(C)c1C(=O)N(C)Cc1csc(N)n1. The molecule has 7 heteroatoms. The number of amides is 1. The van der Waals surface area contributed by atoms with Gasteiger partial charge < -0.3 is 15.2 Å². The van der Waals surface area contributed by atoms with E-state index in [1.165, 1.54) is 11.3 Å². The van der Waals surface area contributed by atoms with Crippen LogP contribution < -0.4 is 5.73 Å². The molecule has 0 saturated carbocycles. The molecule has 0 atom stereocenters. The van der Waals surface area contributed by atoms with E-state index in [9.17, 15) is 4.79 Å². The highest BCUT2D eigenvalue weighted by Crippen LogP contribution is 2.17. The minimum Gasteiger partial charge on any atom is -0.375 e. The summed E-state index contributed by atoms with van der Waals surface area (Å²) in [6, 6.07) is 0. The Balaban J connectivity index is 2.14. The van der Waals surface area contributed by atoms with E-state index in [0.717, 1.165) is 5.69 Å². The predicted octanol–water partition coefficient (Wildman–Crippen LogP) is 1.60. The van der Waals surface area contributed by atoms with Gasteiger partial charge in [-0.2, -0.15) is 0 Å². The second kappa shape index (κ2) is 4.77. The highest BCUT2D eigenvalue weighted by atomic mass is 32.1. The monoisotopic (exact) mass is 266 g/mol. The number of aryl methyl sites for hydroxylation is 2. The summed E-state index contributed by atoms with van der Waals surface area (Å²) < 4.78 is 4.99. The maximum Gasteiger partial charge on any atom is 0.259 e. The fourth-order valence-corrected chi connectivity index (χ4v) is 2.24. The molecule has 0 aliphatic rings. The maximum atomic E-state index is 12.2. The molecule has 2 aromatic heterocycles. The molecular weight excluding hydrogens is 252 g/mol. The van der Waals surface area contributed by atoms with Gasteiger partial charge >= 0.3 is 0 Å². The van der Waals surface area contributed by atoms with Crippen LogP contribution in [-0.2, 0) is 6.54 Å². The Morgan fingerprint density at radius 1 is 1.56 bits per heavy atom. The van der Waals surface area contributed by atoms with E-state index in [1.807, 2.05) is 5.38 Å². The van der Waals surface area contributed by atoms with Gasteiger partial charge in [-0.25, -0.2) is 4.98 Å². The Morgan fingerprint density at radius 3 is 2.78 bits per heavy atom. The number of hydrogen-bond acceptors (Lipinski definition) is 6. The number of carbonyl (C=O) groups excluding carboxylic acids is 1. The average Bonchev–Trinajstić information content (AvgIpc) is 2.85. The molecule has 18 heavy (non-hydrogen) atoms. The van der Waals surface area contributed by atoms with Gasteiger partial charge in [0.25, 0.3) is 5.91 Å². The standard InChI is InChI=1S/C11H14N4O2S/c1-6-9(7(2)17-14-6)10(16)15(3)4-8-5-18-11(12)13-8/h5H,4H2,1-3H3,(H2,12,13). The van der Waals surface area contributed by atoms with E-state index in [-0.39, 0.29) is 5.91 Å². The summed E-state index contributed by atoms with van der Waals surface area (Å²) in [5, 5.41) is 6.12. The normalized spacial score (nSPS) is 10.6. The van der Waals surface area contributed by atoms with E-state index in [4.69, 9.17) is 10.3 Å². The molecule has 0 unspecified atom stereocenters. The van der Waals surface area contributed by atoms with Crippen molar-refractivity contribution in [3.05, 3.63) is 28.1 Å². The number of nitrogen functional groups attached to an aromatic ring is 1. The van der Waals surface area contributed by atoms with Crippen LogP contribution in [-0.4, -0.2) is 28.0 Å². The number of anilines is 1. The molecule has 1 amide bonds. The van der Waals surface area contributed by atoms with E-state index in [1.54, 1.807) is 25.8 Å². The van der Waals surface area contributed by atoms with Crippen LogP contribution in [0.5, 0.6) is 0 Å². The van der Waals surface area contributed by atoms with Gasteiger partial charge in [-0.1, -0.05) is 5.16 Å². The quantitative estimate of drug-likeness (QED) is 0.912. The molecule has 96 valence electrons. The summed E-state index contributed by atoms with van der Waals surface area (Å²) in [5.74, 6) is 0.403. The Hall–Kier alpha value is -1.89. The molecule has 6 nitrogen and oxygen atoms in total. The molecule has 0 aliphatic heterocycles. The van der Waals surface area contributed by atoms with Crippen LogP contribution in [0.4, 0.5) is 5.13 Å². The lowest BCUT2D eigenvalue weighted by Crippen LogP contribution is -2.27. The molecule has 2 rings (SSSR count). The van der Waals surface area contributed by atoms with Crippen molar-refractivity contribution in [2.75, 3.05) is 12.8 Å². The summed E-state index contributed by atoms with van der Waals surface area (Å²) in [4.78, 5) is 17.9. The Morgan fingerprint density at radius 2 is 2.28 bits per heavy atom. The Bertz CT molecular complexity index is 556. The highest BCUT2D eigenvalue weighted by Gasteiger charge is 2.21. The zero-order valence-corrected chi connectivity index (χ0v) is 11.2. The first-order chi connectivity index (χ1) is 8.49. The number of rotatable bonds is 3. The molecule has 0 bridgehead atoms. The molecule has 2 aromatic rings. The third kappa shape index (κ3) is 2.35. The van der Waals surface area contributed by atoms with Gasteiger partial charge in [0.15, 0.2) is 5.13 Å². The Kier molecular flexibility index (Phi) is 3.33. The van der Waals surface area contributed by atoms with Crippen LogP contribution in [0.15, 0.2) is 9.90 Å². The number of nitrogens with zero attached hydrogens (tertiary/aromatic N) is 3. The third-order valence-corrected chi connectivity index (χ3v) is 3.29. The first-order valence-electron chi connectivity index (χ1n) is 5.37. The minimum absolute atomic E-state index is 0.127. The fraction of sp³-hybridized carbons (Fsp3) is 0.364. The van der Waals surface area contributed by atoms with Crippen LogP contribution in [0.25, 0.3) is 0 Å². The van der Waals surface area contributed by atoms with Gasteiger partial charge in [0.1, 0.15) is 11.3 Å². The van der Waals surface area contributed by atoms with Crippen molar-refractivity contribution >= 4 is 22.4 Å². The lowest BCUT2D eigenvalue weighted by atomic mass is 10.2. The first kappa shape index (κ1) is 12.6. The van der Waals surface area contributed by atoms with Gasteiger partial charge in [-0.15, -0.1) is 11.3 Å². The number of nitrogens with two attached hydrogens (primary N) is 1. The van der Waals surface area contributed by atoms with Gasteiger partial charge in [0.05, 0.1) is 17.9 Å². The molecule has 2 N–H and O–H groups in total. The summed E-state index contributed by atoms with van der Waals surface area (Å²) in [7, 11) is 1.71. The van der Waals surface area contributed by atoms with Crippen molar-refractivity contribution in [2.45, 2.75) is 20.4 Å². The summed E-state index contributed by atoms with van der Waals surface area (Å²) in [6.07, 6.45) is 0. The molecule has 0 radical (unpaired) electrons. The van der Waals surface area contributed by atoms with Crippen LogP contribution in [0.3, 0.4) is 0 Å². The van der Waals surface area contributed by atoms with Crippen molar-refractivity contribution in [3.8, 4) is 0 Å². The zero-order valence-electron chi connectivity index (χ0n) is 10.4. The van der Waals surface area contributed by atoms with E-state index >= 15 is 0 Å². The van der Waals surface area contributed by atoms with E-state index in [0.29, 0.717) is 28.7 Å². The number of thiazole rings is 1. The number of carbonyl (C=O) groups is 1. The van der Waals surface area contributed by atoms with E-state index in [2.05, 4.69) is 10.1 Å². The molecule has 0 fully saturated rings. The van der Waals surface area contributed by atoms with Crippen LogP contribution in [0.2, 0.25) is 0 Å². The molecule has 0 aliphatic carbocycles. The molecular formula is C11H14N4O2S. The fourth-order valence-electron chi connectivity index (χ4n) is 1.69. The maximum absolute atomic E-state index is 12.2. The lowest BCUT2D eigenvalue weighted by molar-refractivity contribution is 0.0781. The largest absolute Gasteiger partial charge is 0.375 e. The van der Waals surface area contributed by atoms with Crippen molar-refractivity contribution in [1.82, 2.24) is 15.0 Å². The number of aromatic nitrogens is 2. The van der Waals surface area contributed by atoms with Crippen LogP contribution in [0.1, 0.15) is 27.5 Å². The van der Waals surface area contributed by atoms with Gasteiger partial charge in [-0.05, 0) is 13.8 Å². The molecule has 0 spiro atoms. The molecule has 0 saturated heterocycles. The second-order valence-electron chi connectivity index (χ2n) is 4.04. The van der Waals surface area contributed by atoms with Crippen molar-refractivity contribution < 1.29 is 9.32 Å². The van der Waals surface area contributed by atoms with Crippen LogP contribution >= 0.6 is 11.3 Å². The van der Waals surface area contributed by atoms with Gasteiger partial charge in [-0.3, -0.25) is 4.79 Å². The number of hydrogen-bond donors (Lipinski definition) is 1. The lowest BCUT2D eigenvalue weighted by Gasteiger charge is -2.15. The smallest absolute Gasteiger partial charge is 0.259 e. The Labute approximate surface area is 108 Å². The topological polar surface area (TPSA) is 85.2 Å². The molecule has 2 heterocycles. The second-order valence-corrected chi connectivity index (χ2v) is 4.93. The summed E-state index contributed by atoms with van der Waals surface area (Å²) in [6.45, 7) is 3.89. The van der Waals surface area contributed by atoms with Crippen LogP contribution in [0, 0.1) is 13.8 Å². The predicted molar refractivity (Wildman–Crippen MR) is 68.3 cm³/mol. The van der Waals surface area contributed by atoms with Crippen molar-refractivity contribution in [3.63, 3.8) is 0 Å². The third-order valence-electron chi connectivity index (χ3n) is 2.56. The van der Waals surface area contributed by atoms with Gasteiger partial charge in [0, 0.05) is 12.4 Å². The van der Waals surface area contributed by atoms with Gasteiger partial charge in [0.2, 0.25) is 0 Å². The highest BCUT2D eigenvalue weighted by molar-refractivity contribution is 7.13. The molecule has 0 aromatic carbocycles. The average molecular weight is 266 g/mol. The first-order valence-corrected chi connectivity index (χ1v) is 6.25. The van der Waals surface area contributed by atoms with Crippen molar-refractivity contribution in [1.29, 1.82) is 0 Å². The summed E-state index contributed by atoms with van der Waals surface area (Å²) in [5.41, 5.74) is 7.44. The minimum atomic E-state index is -0.127. The summed E-state index contributed by atoms with van der Waals surface area (Å²) >= 11 is 1.36.